The minimum absolute atomic E-state index is 0.0241. The number of nitrogens with zero attached hydrogens (tertiary/aromatic N) is 3. The largest absolute Gasteiger partial charge is 0.342 e. The molecule has 1 aromatic heterocycles. The van der Waals surface area contributed by atoms with E-state index >= 15 is 0 Å². The Labute approximate surface area is 145 Å². The standard InChI is InChI=1S/C18H21N3O2S/c22-16(20-10-4-1-5-11-20)12-24-18-19-15-7-3-2-6-14(15)17(23)21(18)13-8-9-13/h2-3,6-7,13H,1,4-5,8-12H2. The fraction of sp³-hybridized carbons (Fsp3) is 0.500. The highest BCUT2D eigenvalue weighted by Crippen LogP contribution is 2.36. The number of aromatic nitrogens is 2. The quantitative estimate of drug-likeness (QED) is 0.633. The van der Waals surface area contributed by atoms with Crippen molar-refractivity contribution in [1.29, 1.82) is 0 Å². The topological polar surface area (TPSA) is 55.2 Å². The molecule has 2 heterocycles. The maximum Gasteiger partial charge on any atom is 0.262 e. The normalized spacial score (nSPS) is 18.1. The van der Waals surface area contributed by atoms with Gasteiger partial charge >= 0.3 is 0 Å². The summed E-state index contributed by atoms with van der Waals surface area (Å²) < 4.78 is 1.80. The Morgan fingerprint density at radius 1 is 1.17 bits per heavy atom. The van der Waals surface area contributed by atoms with Crippen molar-refractivity contribution in [3.63, 3.8) is 0 Å². The average molecular weight is 343 g/mol. The molecule has 1 aromatic carbocycles. The molecule has 126 valence electrons. The highest BCUT2D eigenvalue weighted by Gasteiger charge is 2.29. The maximum absolute atomic E-state index is 12.8. The first kappa shape index (κ1) is 15.7. The molecule has 1 aliphatic heterocycles. The first-order valence-corrected chi connectivity index (χ1v) is 9.64. The van der Waals surface area contributed by atoms with E-state index in [4.69, 9.17) is 0 Å². The third kappa shape index (κ3) is 3.07. The zero-order valence-electron chi connectivity index (χ0n) is 13.6. The smallest absolute Gasteiger partial charge is 0.262 e. The summed E-state index contributed by atoms with van der Waals surface area (Å²) in [6.07, 6.45) is 5.44. The lowest BCUT2D eigenvalue weighted by molar-refractivity contribution is -0.129. The van der Waals surface area contributed by atoms with E-state index in [0.29, 0.717) is 21.8 Å². The van der Waals surface area contributed by atoms with Gasteiger partial charge in [0.25, 0.3) is 5.56 Å². The lowest BCUT2D eigenvalue weighted by Gasteiger charge is -2.26. The molecule has 0 radical (unpaired) electrons. The van der Waals surface area contributed by atoms with E-state index in [-0.39, 0.29) is 17.5 Å². The number of amides is 1. The van der Waals surface area contributed by atoms with Crippen LogP contribution in [0.1, 0.15) is 38.1 Å². The highest BCUT2D eigenvalue weighted by atomic mass is 32.2. The Morgan fingerprint density at radius 2 is 1.92 bits per heavy atom. The Hall–Kier alpha value is -1.82. The summed E-state index contributed by atoms with van der Waals surface area (Å²) in [7, 11) is 0. The Balaban J connectivity index is 1.60. The van der Waals surface area contributed by atoms with Crippen molar-refractivity contribution in [2.45, 2.75) is 43.3 Å². The molecule has 6 heteroatoms. The molecular formula is C18H21N3O2S. The Kier molecular flexibility index (Phi) is 4.31. The van der Waals surface area contributed by atoms with Gasteiger partial charge in [-0.2, -0.15) is 0 Å². The van der Waals surface area contributed by atoms with Gasteiger partial charge in [-0.1, -0.05) is 23.9 Å². The third-order valence-electron chi connectivity index (χ3n) is 4.72. The van der Waals surface area contributed by atoms with Crippen LogP contribution in [0.15, 0.2) is 34.2 Å². The van der Waals surface area contributed by atoms with Crippen molar-refractivity contribution in [2.24, 2.45) is 0 Å². The molecule has 4 rings (SSSR count). The second-order valence-electron chi connectivity index (χ2n) is 6.55. The molecule has 0 N–H and O–H groups in total. The number of piperidine rings is 1. The molecule has 0 bridgehead atoms. The third-order valence-corrected chi connectivity index (χ3v) is 5.66. The molecule has 2 fully saturated rings. The molecule has 1 saturated heterocycles. The van der Waals surface area contributed by atoms with Crippen LogP contribution in [0.3, 0.4) is 0 Å². The molecule has 0 atom stereocenters. The number of fused-ring (bicyclic) bond motifs is 1. The molecular weight excluding hydrogens is 322 g/mol. The van der Waals surface area contributed by atoms with Gasteiger partial charge in [0, 0.05) is 19.1 Å². The second kappa shape index (κ2) is 6.59. The van der Waals surface area contributed by atoms with Crippen molar-refractivity contribution in [1.82, 2.24) is 14.5 Å². The predicted octanol–water partition coefficient (Wildman–Crippen LogP) is 2.84. The van der Waals surface area contributed by atoms with Gasteiger partial charge in [0.1, 0.15) is 0 Å². The van der Waals surface area contributed by atoms with Gasteiger partial charge in [0.15, 0.2) is 5.16 Å². The van der Waals surface area contributed by atoms with Crippen LogP contribution in [0.25, 0.3) is 10.9 Å². The number of hydrogen-bond acceptors (Lipinski definition) is 4. The van der Waals surface area contributed by atoms with Gasteiger partial charge in [-0.3, -0.25) is 14.2 Å². The Morgan fingerprint density at radius 3 is 2.67 bits per heavy atom. The average Bonchev–Trinajstić information content (AvgIpc) is 3.45. The second-order valence-corrected chi connectivity index (χ2v) is 7.49. The minimum atomic E-state index is 0.0241. The van der Waals surface area contributed by atoms with Crippen LogP contribution in [0.5, 0.6) is 0 Å². The number of rotatable bonds is 4. The van der Waals surface area contributed by atoms with Gasteiger partial charge in [-0.15, -0.1) is 0 Å². The zero-order valence-corrected chi connectivity index (χ0v) is 14.4. The minimum Gasteiger partial charge on any atom is -0.342 e. The summed E-state index contributed by atoms with van der Waals surface area (Å²) in [6.45, 7) is 1.72. The molecule has 2 aliphatic rings. The van der Waals surface area contributed by atoms with Crippen LogP contribution in [0, 0.1) is 0 Å². The van der Waals surface area contributed by atoms with Crippen LogP contribution in [0.4, 0.5) is 0 Å². The molecule has 1 saturated carbocycles. The molecule has 5 nitrogen and oxygen atoms in total. The van der Waals surface area contributed by atoms with Crippen molar-refractivity contribution in [3.05, 3.63) is 34.6 Å². The number of hydrogen-bond donors (Lipinski definition) is 0. The van der Waals surface area contributed by atoms with Crippen LogP contribution in [-0.4, -0.2) is 39.2 Å². The van der Waals surface area contributed by atoms with Crippen molar-refractivity contribution in [3.8, 4) is 0 Å². The van der Waals surface area contributed by atoms with E-state index in [1.165, 1.54) is 18.2 Å². The first-order valence-electron chi connectivity index (χ1n) is 8.66. The number of carbonyl (C=O) groups is 1. The number of likely N-dealkylation sites (tertiary alicyclic amines) is 1. The van der Waals surface area contributed by atoms with Gasteiger partial charge in [0.2, 0.25) is 5.91 Å². The lowest BCUT2D eigenvalue weighted by atomic mass is 10.1. The van der Waals surface area contributed by atoms with Crippen molar-refractivity contribution < 1.29 is 4.79 Å². The van der Waals surface area contributed by atoms with Crippen molar-refractivity contribution >= 4 is 28.6 Å². The van der Waals surface area contributed by atoms with E-state index in [9.17, 15) is 9.59 Å². The van der Waals surface area contributed by atoms with E-state index in [2.05, 4.69) is 4.98 Å². The molecule has 24 heavy (non-hydrogen) atoms. The summed E-state index contributed by atoms with van der Waals surface area (Å²) in [6, 6.07) is 7.71. The monoisotopic (exact) mass is 343 g/mol. The van der Waals surface area contributed by atoms with E-state index in [1.54, 1.807) is 4.57 Å². The number of para-hydroxylation sites is 1. The summed E-state index contributed by atoms with van der Waals surface area (Å²) in [5.41, 5.74) is 0.739. The molecule has 0 unspecified atom stereocenters. The summed E-state index contributed by atoms with van der Waals surface area (Å²) in [5, 5.41) is 1.35. The van der Waals surface area contributed by atoms with Crippen molar-refractivity contribution in [2.75, 3.05) is 18.8 Å². The summed E-state index contributed by atoms with van der Waals surface area (Å²) in [5.74, 6) is 0.516. The van der Waals surface area contributed by atoms with Gasteiger partial charge in [-0.05, 0) is 44.2 Å². The number of benzene rings is 1. The SMILES string of the molecule is O=C(CSc1nc2ccccc2c(=O)n1C1CC1)N1CCCCC1. The first-order chi connectivity index (χ1) is 11.7. The number of carbonyl (C=O) groups excluding carboxylic acids is 1. The van der Waals surface area contributed by atoms with E-state index in [1.807, 2.05) is 29.2 Å². The van der Waals surface area contributed by atoms with Crippen LogP contribution >= 0.6 is 11.8 Å². The van der Waals surface area contributed by atoms with E-state index < -0.39 is 0 Å². The van der Waals surface area contributed by atoms with E-state index in [0.717, 1.165) is 38.8 Å². The fourth-order valence-electron chi connectivity index (χ4n) is 3.24. The van der Waals surface area contributed by atoms with Gasteiger partial charge in [-0.25, -0.2) is 4.98 Å². The van der Waals surface area contributed by atoms with Crippen LogP contribution < -0.4 is 5.56 Å². The van der Waals surface area contributed by atoms with Crippen LogP contribution in [0.2, 0.25) is 0 Å². The zero-order chi connectivity index (χ0) is 16.5. The molecule has 0 spiro atoms. The summed E-state index contributed by atoms with van der Waals surface area (Å²) >= 11 is 1.41. The van der Waals surface area contributed by atoms with Crippen LogP contribution in [-0.2, 0) is 4.79 Å². The summed E-state index contributed by atoms with van der Waals surface area (Å²) in [4.78, 5) is 31.8. The Bertz CT molecular complexity index is 823. The maximum atomic E-state index is 12.8. The highest BCUT2D eigenvalue weighted by molar-refractivity contribution is 7.99. The number of thioether (sulfide) groups is 1. The lowest BCUT2D eigenvalue weighted by Crippen LogP contribution is -2.37. The fourth-order valence-corrected chi connectivity index (χ4v) is 4.21. The predicted molar refractivity (Wildman–Crippen MR) is 95.4 cm³/mol. The van der Waals surface area contributed by atoms with Gasteiger partial charge < -0.3 is 4.90 Å². The molecule has 2 aromatic rings. The molecule has 1 amide bonds. The molecule has 1 aliphatic carbocycles. The van der Waals surface area contributed by atoms with Gasteiger partial charge in [0.05, 0.1) is 16.7 Å².